The van der Waals surface area contributed by atoms with Gasteiger partial charge >= 0.3 is 11.9 Å². The first-order chi connectivity index (χ1) is 20.6. The van der Waals surface area contributed by atoms with Crippen molar-refractivity contribution in [1.82, 2.24) is 0 Å². The summed E-state index contributed by atoms with van der Waals surface area (Å²) < 4.78 is 5.82. The van der Waals surface area contributed by atoms with Gasteiger partial charge in [-0.25, -0.2) is 0 Å². The van der Waals surface area contributed by atoms with Crippen LogP contribution in [0.15, 0.2) is 12.2 Å². The number of carbonyl (C=O) groups is 2. The number of carboxylic acids is 1. The Morgan fingerprint density at radius 1 is 0.500 bits per heavy atom. The average Bonchev–Trinajstić information content (AvgIpc) is 2.97. The van der Waals surface area contributed by atoms with Gasteiger partial charge in [-0.1, -0.05) is 154 Å². The molecule has 0 radical (unpaired) electrons. The van der Waals surface area contributed by atoms with Gasteiger partial charge < -0.3 is 9.84 Å². The van der Waals surface area contributed by atoms with Crippen LogP contribution in [0.5, 0.6) is 0 Å². The lowest BCUT2D eigenvalue weighted by molar-refractivity contribution is -0.150. The van der Waals surface area contributed by atoms with Crippen molar-refractivity contribution in [3.05, 3.63) is 12.2 Å². The molecule has 0 bridgehead atoms. The fourth-order valence-electron chi connectivity index (χ4n) is 5.72. The molecule has 4 nitrogen and oxygen atoms in total. The van der Waals surface area contributed by atoms with Gasteiger partial charge in [0.2, 0.25) is 0 Å². The third kappa shape index (κ3) is 33.2. The van der Waals surface area contributed by atoms with E-state index in [9.17, 15) is 9.59 Å². The number of aliphatic carboxylic acids is 1. The van der Waals surface area contributed by atoms with E-state index < -0.39 is 5.97 Å². The van der Waals surface area contributed by atoms with E-state index >= 15 is 0 Å². The Morgan fingerprint density at radius 2 is 0.881 bits per heavy atom. The molecule has 0 aliphatic rings. The Kier molecular flexibility index (Phi) is 33.1. The van der Waals surface area contributed by atoms with Crippen LogP contribution in [0.4, 0.5) is 0 Å². The summed E-state index contributed by atoms with van der Waals surface area (Å²) in [4.78, 5) is 23.4. The Labute approximate surface area is 262 Å². The molecule has 42 heavy (non-hydrogen) atoms. The first-order valence-corrected chi connectivity index (χ1v) is 18.7. The topological polar surface area (TPSA) is 63.6 Å². The van der Waals surface area contributed by atoms with Crippen LogP contribution >= 0.6 is 0 Å². The number of carbonyl (C=O) groups excluding carboxylic acids is 1. The average molecular weight is 593 g/mol. The van der Waals surface area contributed by atoms with E-state index in [1.54, 1.807) is 0 Å². The fraction of sp³-hybridized carbons (Fsp3) is 0.895. The van der Waals surface area contributed by atoms with E-state index in [-0.39, 0.29) is 18.5 Å². The van der Waals surface area contributed by atoms with Crippen molar-refractivity contribution in [3.63, 3.8) is 0 Å². The molecule has 0 aliphatic heterocycles. The highest BCUT2D eigenvalue weighted by Crippen LogP contribution is 2.18. The number of ether oxygens (including phenoxy) is 1. The van der Waals surface area contributed by atoms with Gasteiger partial charge in [-0.3, -0.25) is 9.59 Å². The van der Waals surface area contributed by atoms with E-state index in [1.165, 1.54) is 148 Å². The highest BCUT2D eigenvalue weighted by Gasteiger charge is 2.15. The van der Waals surface area contributed by atoms with Crippen LogP contribution in [0.3, 0.4) is 0 Å². The van der Waals surface area contributed by atoms with Crippen molar-refractivity contribution >= 4 is 11.9 Å². The molecule has 0 heterocycles. The van der Waals surface area contributed by atoms with E-state index in [4.69, 9.17) is 9.84 Å². The maximum Gasteiger partial charge on any atom is 0.306 e. The van der Waals surface area contributed by atoms with E-state index in [1.807, 2.05) is 0 Å². The fourth-order valence-corrected chi connectivity index (χ4v) is 5.72. The summed E-state index contributed by atoms with van der Waals surface area (Å²) >= 11 is 0. The Balaban J connectivity index is 3.82. The number of allylic oxidation sites excluding steroid dienone is 2. The van der Waals surface area contributed by atoms with E-state index in [0.717, 1.165) is 25.7 Å². The van der Waals surface area contributed by atoms with Crippen molar-refractivity contribution in [1.29, 1.82) is 0 Å². The molecule has 0 amide bonds. The number of unbranched alkanes of at least 4 members (excludes halogenated alkanes) is 23. The third-order valence-electron chi connectivity index (χ3n) is 8.49. The number of esters is 1. The lowest BCUT2D eigenvalue weighted by Gasteiger charge is -2.18. The molecule has 0 aromatic rings. The van der Waals surface area contributed by atoms with Crippen LogP contribution in [-0.2, 0) is 14.3 Å². The molecule has 0 rings (SSSR count). The predicted octanol–water partition coefficient (Wildman–Crippen LogP) is 12.7. The second-order valence-electron chi connectivity index (χ2n) is 12.8. The van der Waals surface area contributed by atoms with Gasteiger partial charge in [-0.05, 0) is 57.8 Å². The summed E-state index contributed by atoms with van der Waals surface area (Å²) in [5.74, 6) is -0.864. The maximum absolute atomic E-state index is 12.5. The van der Waals surface area contributed by atoms with Crippen LogP contribution in [0.25, 0.3) is 0 Å². The van der Waals surface area contributed by atoms with Crippen LogP contribution < -0.4 is 0 Å². The van der Waals surface area contributed by atoms with Gasteiger partial charge in [0.15, 0.2) is 0 Å². The monoisotopic (exact) mass is 593 g/mol. The number of carboxylic acid groups (broad SMARTS) is 1. The SMILES string of the molecule is CCCCCC/C=C\CCCCCCCC(=O)OC(CCCCCCCCCCCCCCCCC)CCCC(=O)O. The number of hydrogen-bond donors (Lipinski definition) is 1. The second-order valence-corrected chi connectivity index (χ2v) is 12.8. The highest BCUT2D eigenvalue weighted by atomic mass is 16.5. The first kappa shape index (κ1) is 40.7. The van der Waals surface area contributed by atoms with Gasteiger partial charge in [0.25, 0.3) is 0 Å². The minimum Gasteiger partial charge on any atom is -0.481 e. The molecule has 0 fully saturated rings. The van der Waals surface area contributed by atoms with Crippen LogP contribution in [-0.4, -0.2) is 23.1 Å². The summed E-state index contributed by atoms with van der Waals surface area (Å²) in [6, 6.07) is 0. The number of hydrogen-bond acceptors (Lipinski definition) is 3. The molecular weight excluding hydrogens is 520 g/mol. The van der Waals surface area contributed by atoms with Gasteiger partial charge in [0, 0.05) is 12.8 Å². The Morgan fingerprint density at radius 3 is 1.36 bits per heavy atom. The second kappa shape index (κ2) is 34.2. The summed E-state index contributed by atoms with van der Waals surface area (Å²) in [5.41, 5.74) is 0. The zero-order valence-electron chi connectivity index (χ0n) is 28.3. The highest BCUT2D eigenvalue weighted by molar-refractivity contribution is 5.69. The molecule has 4 heteroatoms. The normalized spacial score (nSPS) is 12.2. The van der Waals surface area contributed by atoms with Gasteiger partial charge in [0.05, 0.1) is 0 Å². The predicted molar refractivity (Wildman–Crippen MR) is 181 cm³/mol. The Bertz CT molecular complexity index is 600. The molecule has 0 aromatic carbocycles. The molecule has 0 spiro atoms. The molecule has 0 aliphatic carbocycles. The van der Waals surface area contributed by atoms with Crippen molar-refractivity contribution in [2.75, 3.05) is 0 Å². The third-order valence-corrected chi connectivity index (χ3v) is 8.49. The van der Waals surface area contributed by atoms with Gasteiger partial charge in [-0.15, -0.1) is 0 Å². The number of rotatable bonds is 34. The summed E-state index contributed by atoms with van der Waals surface area (Å²) in [7, 11) is 0. The lowest BCUT2D eigenvalue weighted by atomic mass is 10.0. The zero-order chi connectivity index (χ0) is 30.8. The van der Waals surface area contributed by atoms with Crippen molar-refractivity contribution in [2.24, 2.45) is 0 Å². The smallest absolute Gasteiger partial charge is 0.306 e. The first-order valence-electron chi connectivity index (χ1n) is 18.7. The molecule has 0 saturated heterocycles. The molecule has 248 valence electrons. The Hall–Kier alpha value is -1.32. The van der Waals surface area contributed by atoms with E-state index in [2.05, 4.69) is 26.0 Å². The lowest BCUT2D eigenvalue weighted by Crippen LogP contribution is -2.18. The molecule has 1 N–H and O–H groups in total. The van der Waals surface area contributed by atoms with Crippen molar-refractivity contribution in [2.45, 2.75) is 219 Å². The molecular formula is C38H72O4. The molecule has 1 unspecified atom stereocenters. The summed E-state index contributed by atoms with van der Waals surface area (Å²) in [6.07, 6.45) is 40.8. The van der Waals surface area contributed by atoms with Crippen LogP contribution in [0, 0.1) is 0 Å². The largest absolute Gasteiger partial charge is 0.481 e. The van der Waals surface area contributed by atoms with Gasteiger partial charge in [-0.2, -0.15) is 0 Å². The summed E-state index contributed by atoms with van der Waals surface area (Å²) in [5, 5.41) is 9.00. The zero-order valence-corrected chi connectivity index (χ0v) is 28.3. The van der Waals surface area contributed by atoms with Crippen molar-refractivity contribution in [3.8, 4) is 0 Å². The van der Waals surface area contributed by atoms with Crippen LogP contribution in [0.1, 0.15) is 213 Å². The quantitative estimate of drug-likeness (QED) is 0.0458. The molecule has 0 aromatic heterocycles. The molecule has 1 atom stereocenters. The van der Waals surface area contributed by atoms with Gasteiger partial charge in [0.1, 0.15) is 6.10 Å². The minimum absolute atomic E-state index is 0.0951. The molecule has 0 saturated carbocycles. The minimum atomic E-state index is -0.769. The maximum atomic E-state index is 12.5. The standard InChI is InChI=1S/C38H72O4/c1-3-5-7-9-11-13-15-17-18-20-21-23-25-27-29-32-36(33-31-34-37(39)40)42-38(41)35-30-28-26-24-22-19-16-14-12-10-8-6-4-2/h14,16,36H,3-13,15,17-35H2,1-2H3,(H,39,40)/b16-14-. The van der Waals surface area contributed by atoms with E-state index in [0.29, 0.717) is 19.3 Å². The summed E-state index contributed by atoms with van der Waals surface area (Å²) in [6.45, 7) is 4.53. The van der Waals surface area contributed by atoms with Crippen molar-refractivity contribution < 1.29 is 19.4 Å². The van der Waals surface area contributed by atoms with Crippen LogP contribution in [0.2, 0.25) is 0 Å².